The van der Waals surface area contributed by atoms with E-state index in [0.717, 1.165) is 25.4 Å². The number of benzene rings is 1. The summed E-state index contributed by atoms with van der Waals surface area (Å²) in [6.45, 7) is 8.32. The van der Waals surface area contributed by atoms with Crippen LogP contribution in [0.3, 0.4) is 0 Å². The SMILES string of the molecule is CC(C)(C)c1ccccc1OCCC1CCCO1. The number of hydrogen-bond acceptors (Lipinski definition) is 2. The zero-order valence-electron chi connectivity index (χ0n) is 11.7. The molecular formula is C16H24O2. The van der Waals surface area contributed by atoms with Crippen LogP contribution < -0.4 is 4.74 Å². The van der Waals surface area contributed by atoms with Crippen molar-refractivity contribution in [1.82, 2.24) is 0 Å². The van der Waals surface area contributed by atoms with E-state index in [-0.39, 0.29) is 5.41 Å². The third-order valence-corrected chi connectivity index (χ3v) is 3.42. The Morgan fingerprint density at radius 2 is 2.06 bits per heavy atom. The monoisotopic (exact) mass is 248 g/mol. The maximum absolute atomic E-state index is 5.95. The molecule has 1 atom stereocenters. The summed E-state index contributed by atoms with van der Waals surface area (Å²) in [4.78, 5) is 0. The Balaban J connectivity index is 1.92. The van der Waals surface area contributed by atoms with Crippen molar-refractivity contribution < 1.29 is 9.47 Å². The number of hydrogen-bond donors (Lipinski definition) is 0. The van der Waals surface area contributed by atoms with Crippen LogP contribution in [-0.2, 0) is 10.2 Å². The second-order valence-electron chi connectivity index (χ2n) is 6.02. The van der Waals surface area contributed by atoms with E-state index in [1.807, 2.05) is 6.07 Å². The summed E-state index contributed by atoms with van der Waals surface area (Å²) in [5.74, 6) is 1.02. The molecule has 1 aromatic carbocycles. The van der Waals surface area contributed by atoms with Crippen LogP contribution in [0.5, 0.6) is 5.75 Å². The smallest absolute Gasteiger partial charge is 0.123 e. The lowest BCUT2D eigenvalue weighted by Gasteiger charge is -2.23. The van der Waals surface area contributed by atoms with E-state index in [0.29, 0.717) is 6.10 Å². The van der Waals surface area contributed by atoms with Crippen molar-refractivity contribution in [2.24, 2.45) is 0 Å². The topological polar surface area (TPSA) is 18.5 Å². The van der Waals surface area contributed by atoms with Crippen molar-refractivity contribution in [3.8, 4) is 5.75 Å². The van der Waals surface area contributed by atoms with Gasteiger partial charge in [-0.3, -0.25) is 0 Å². The molecule has 2 rings (SSSR count). The van der Waals surface area contributed by atoms with Gasteiger partial charge in [-0.05, 0) is 29.9 Å². The second kappa shape index (κ2) is 5.75. The predicted octanol–water partition coefficient (Wildman–Crippen LogP) is 3.93. The van der Waals surface area contributed by atoms with Crippen molar-refractivity contribution >= 4 is 0 Å². The summed E-state index contributed by atoms with van der Waals surface area (Å²) in [5, 5.41) is 0. The summed E-state index contributed by atoms with van der Waals surface area (Å²) in [5.41, 5.74) is 1.40. The molecule has 0 N–H and O–H groups in total. The number of para-hydroxylation sites is 1. The maximum Gasteiger partial charge on any atom is 0.123 e. The zero-order valence-corrected chi connectivity index (χ0v) is 11.7. The fourth-order valence-electron chi connectivity index (χ4n) is 2.38. The van der Waals surface area contributed by atoms with E-state index in [1.165, 1.54) is 18.4 Å². The van der Waals surface area contributed by atoms with Crippen LogP contribution in [0.25, 0.3) is 0 Å². The molecule has 1 unspecified atom stereocenters. The van der Waals surface area contributed by atoms with Gasteiger partial charge in [0, 0.05) is 13.0 Å². The molecule has 2 nitrogen and oxygen atoms in total. The molecule has 0 spiro atoms. The molecule has 1 aromatic rings. The van der Waals surface area contributed by atoms with Gasteiger partial charge < -0.3 is 9.47 Å². The lowest BCUT2D eigenvalue weighted by Crippen LogP contribution is -2.15. The van der Waals surface area contributed by atoms with Gasteiger partial charge in [-0.15, -0.1) is 0 Å². The van der Waals surface area contributed by atoms with Crippen LogP contribution in [0.1, 0.15) is 45.6 Å². The van der Waals surface area contributed by atoms with Crippen LogP contribution in [0.2, 0.25) is 0 Å². The summed E-state index contributed by atoms with van der Waals surface area (Å²) in [7, 11) is 0. The summed E-state index contributed by atoms with van der Waals surface area (Å²) < 4.78 is 11.6. The third-order valence-electron chi connectivity index (χ3n) is 3.42. The minimum Gasteiger partial charge on any atom is -0.493 e. The predicted molar refractivity (Wildman–Crippen MR) is 74.2 cm³/mol. The molecule has 0 aromatic heterocycles. The Morgan fingerprint density at radius 3 is 2.72 bits per heavy atom. The van der Waals surface area contributed by atoms with Crippen molar-refractivity contribution in [2.45, 2.75) is 51.6 Å². The van der Waals surface area contributed by atoms with Gasteiger partial charge in [0.05, 0.1) is 12.7 Å². The molecule has 0 saturated carbocycles. The Morgan fingerprint density at radius 1 is 1.28 bits per heavy atom. The molecule has 0 aliphatic carbocycles. The average molecular weight is 248 g/mol. The maximum atomic E-state index is 5.95. The molecular weight excluding hydrogens is 224 g/mol. The van der Waals surface area contributed by atoms with E-state index >= 15 is 0 Å². The Labute approximate surface area is 110 Å². The van der Waals surface area contributed by atoms with Crippen LogP contribution in [-0.4, -0.2) is 19.3 Å². The standard InChI is InChI=1S/C16H24O2/c1-16(2,3)14-8-4-5-9-15(14)18-12-10-13-7-6-11-17-13/h4-5,8-9,13H,6-7,10-12H2,1-3H3. The summed E-state index contributed by atoms with van der Waals surface area (Å²) in [6.07, 6.45) is 3.79. The molecule has 0 radical (unpaired) electrons. The molecule has 0 bridgehead atoms. The number of ether oxygens (including phenoxy) is 2. The minimum atomic E-state index is 0.125. The fraction of sp³-hybridized carbons (Fsp3) is 0.625. The minimum absolute atomic E-state index is 0.125. The van der Waals surface area contributed by atoms with Gasteiger partial charge in [0.25, 0.3) is 0 Å². The van der Waals surface area contributed by atoms with Gasteiger partial charge in [0.1, 0.15) is 5.75 Å². The molecule has 1 aliphatic rings. The van der Waals surface area contributed by atoms with Crippen LogP contribution in [0, 0.1) is 0 Å². The molecule has 1 heterocycles. The largest absolute Gasteiger partial charge is 0.493 e. The lowest BCUT2D eigenvalue weighted by molar-refractivity contribution is 0.0901. The van der Waals surface area contributed by atoms with E-state index < -0.39 is 0 Å². The van der Waals surface area contributed by atoms with Gasteiger partial charge in [-0.25, -0.2) is 0 Å². The molecule has 1 aliphatic heterocycles. The van der Waals surface area contributed by atoms with E-state index in [9.17, 15) is 0 Å². The first-order valence-electron chi connectivity index (χ1n) is 6.91. The molecule has 1 fully saturated rings. The highest BCUT2D eigenvalue weighted by atomic mass is 16.5. The quantitative estimate of drug-likeness (QED) is 0.803. The third kappa shape index (κ3) is 3.49. The summed E-state index contributed by atoms with van der Waals surface area (Å²) in [6, 6.07) is 8.33. The first kappa shape index (κ1) is 13.4. The molecule has 18 heavy (non-hydrogen) atoms. The Kier molecular flexibility index (Phi) is 4.28. The van der Waals surface area contributed by atoms with Gasteiger partial charge in [0.15, 0.2) is 0 Å². The normalized spacial score (nSPS) is 20.1. The molecule has 1 saturated heterocycles. The van der Waals surface area contributed by atoms with Gasteiger partial charge >= 0.3 is 0 Å². The van der Waals surface area contributed by atoms with E-state index in [2.05, 4.69) is 39.0 Å². The molecule has 2 heteroatoms. The fourth-order valence-corrected chi connectivity index (χ4v) is 2.38. The molecule has 0 amide bonds. The van der Waals surface area contributed by atoms with Crippen LogP contribution >= 0.6 is 0 Å². The highest BCUT2D eigenvalue weighted by Crippen LogP contribution is 2.31. The van der Waals surface area contributed by atoms with Crippen molar-refractivity contribution in [3.05, 3.63) is 29.8 Å². The van der Waals surface area contributed by atoms with E-state index in [4.69, 9.17) is 9.47 Å². The highest BCUT2D eigenvalue weighted by Gasteiger charge is 2.19. The van der Waals surface area contributed by atoms with Gasteiger partial charge in [-0.1, -0.05) is 39.0 Å². The van der Waals surface area contributed by atoms with Crippen LogP contribution in [0.4, 0.5) is 0 Å². The average Bonchev–Trinajstić information content (AvgIpc) is 2.81. The van der Waals surface area contributed by atoms with Crippen LogP contribution in [0.15, 0.2) is 24.3 Å². The highest BCUT2D eigenvalue weighted by molar-refractivity contribution is 5.38. The first-order valence-corrected chi connectivity index (χ1v) is 6.91. The Bertz CT molecular complexity index is 373. The zero-order chi connectivity index (χ0) is 13.0. The van der Waals surface area contributed by atoms with Gasteiger partial charge in [0.2, 0.25) is 0 Å². The molecule has 100 valence electrons. The lowest BCUT2D eigenvalue weighted by atomic mass is 9.86. The summed E-state index contributed by atoms with van der Waals surface area (Å²) >= 11 is 0. The number of rotatable bonds is 4. The van der Waals surface area contributed by atoms with Gasteiger partial charge in [-0.2, -0.15) is 0 Å². The Hall–Kier alpha value is -1.02. The second-order valence-corrected chi connectivity index (χ2v) is 6.02. The van der Waals surface area contributed by atoms with Crippen molar-refractivity contribution in [3.63, 3.8) is 0 Å². The first-order chi connectivity index (χ1) is 8.57. The van der Waals surface area contributed by atoms with Crippen molar-refractivity contribution in [1.29, 1.82) is 0 Å². The van der Waals surface area contributed by atoms with E-state index in [1.54, 1.807) is 0 Å². The van der Waals surface area contributed by atoms with Crippen molar-refractivity contribution in [2.75, 3.05) is 13.2 Å².